The molecule has 1 aromatic carbocycles. The second kappa shape index (κ2) is 14.0. The van der Waals surface area contributed by atoms with Gasteiger partial charge in [0.2, 0.25) is 11.5 Å². The van der Waals surface area contributed by atoms with E-state index in [0.717, 1.165) is 56.9 Å². The molecular formula is C23H38O6. The molecular weight excluding hydrogens is 372 g/mol. The molecule has 0 aliphatic rings. The van der Waals surface area contributed by atoms with Crippen LogP contribution >= 0.6 is 0 Å². The van der Waals surface area contributed by atoms with E-state index in [-0.39, 0.29) is 17.2 Å². The Morgan fingerprint density at radius 3 is 1.66 bits per heavy atom. The lowest BCUT2D eigenvalue weighted by Crippen LogP contribution is -2.12. The maximum Gasteiger partial charge on any atom is 0.511 e. The smallest absolute Gasteiger partial charge is 0.502 e. The molecule has 0 aliphatic carbocycles. The Balaban J connectivity index is 3.46. The van der Waals surface area contributed by atoms with Gasteiger partial charge in [-0.3, -0.25) is 0 Å². The molecule has 0 saturated heterocycles. The van der Waals surface area contributed by atoms with E-state index in [9.17, 15) is 15.0 Å². The number of hydrogen-bond donors (Lipinski definition) is 2. The third-order valence-corrected chi connectivity index (χ3v) is 4.73. The number of unbranched alkanes of at least 4 members (excludes halogenated alkanes) is 4. The zero-order chi connectivity index (χ0) is 21.6. The van der Waals surface area contributed by atoms with Crippen LogP contribution in [0.25, 0.3) is 0 Å². The van der Waals surface area contributed by atoms with Crippen molar-refractivity contribution in [3.63, 3.8) is 0 Å². The van der Waals surface area contributed by atoms with Gasteiger partial charge in [-0.1, -0.05) is 66.2 Å². The third kappa shape index (κ3) is 7.67. The van der Waals surface area contributed by atoms with E-state index < -0.39 is 6.16 Å². The zero-order valence-electron chi connectivity index (χ0n) is 18.5. The summed E-state index contributed by atoms with van der Waals surface area (Å²) in [6, 6.07) is 0. The molecule has 0 atom stereocenters. The topological polar surface area (TPSA) is 85.2 Å². The highest BCUT2D eigenvalue weighted by Crippen LogP contribution is 2.50. The summed E-state index contributed by atoms with van der Waals surface area (Å²) in [4.78, 5) is 11.3. The maximum absolute atomic E-state index is 11.3. The molecule has 0 spiro atoms. The van der Waals surface area contributed by atoms with E-state index in [0.29, 0.717) is 37.4 Å². The SMILES string of the molecule is CCCCCOc1c(O)c(OC(=O)O)c(CCC)c(CCC)c1OCCCCC. The van der Waals surface area contributed by atoms with Crippen LogP contribution in [-0.2, 0) is 12.8 Å². The molecule has 0 bridgehead atoms. The Morgan fingerprint density at radius 1 is 0.724 bits per heavy atom. The van der Waals surface area contributed by atoms with E-state index in [1.54, 1.807) is 0 Å². The van der Waals surface area contributed by atoms with E-state index in [2.05, 4.69) is 20.8 Å². The lowest BCUT2D eigenvalue weighted by atomic mass is 9.96. The Hall–Kier alpha value is -2.11. The van der Waals surface area contributed by atoms with Gasteiger partial charge >= 0.3 is 6.16 Å². The largest absolute Gasteiger partial charge is 0.511 e. The number of phenols is 1. The highest BCUT2D eigenvalue weighted by atomic mass is 16.7. The van der Waals surface area contributed by atoms with Crippen molar-refractivity contribution < 1.29 is 29.2 Å². The van der Waals surface area contributed by atoms with Crippen molar-refractivity contribution >= 4 is 6.16 Å². The van der Waals surface area contributed by atoms with Crippen molar-refractivity contribution in [1.82, 2.24) is 0 Å². The molecule has 166 valence electrons. The van der Waals surface area contributed by atoms with Crippen molar-refractivity contribution in [1.29, 1.82) is 0 Å². The van der Waals surface area contributed by atoms with Crippen molar-refractivity contribution in [3.05, 3.63) is 11.1 Å². The first-order valence-corrected chi connectivity index (χ1v) is 11.1. The van der Waals surface area contributed by atoms with Gasteiger partial charge in [0.1, 0.15) is 0 Å². The van der Waals surface area contributed by atoms with Gasteiger partial charge in [-0.2, -0.15) is 0 Å². The first-order chi connectivity index (χ1) is 14.0. The van der Waals surface area contributed by atoms with Gasteiger partial charge in [-0.25, -0.2) is 4.79 Å². The number of carbonyl (C=O) groups is 1. The van der Waals surface area contributed by atoms with Crippen LogP contribution in [0.3, 0.4) is 0 Å². The second-order valence-electron chi connectivity index (χ2n) is 7.27. The molecule has 0 unspecified atom stereocenters. The van der Waals surface area contributed by atoms with E-state index in [1.165, 1.54) is 0 Å². The fourth-order valence-electron chi connectivity index (χ4n) is 3.33. The number of rotatable bonds is 15. The number of phenolic OH excluding ortho intramolecular Hbond substituents is 1. The monoisotopic (exact) mass is 410 g/mol. The highest BCUT2D eigenvalue weighted by Gasteiger charge is 2.28. The Kier molecular flexibility index (Phi) is 12.0. The predicted molar refractivity (Wildman–Crippen MR) is 115 cm³/mol. The summed E-state index contributed by atoms with van der Waals surface area (Å²) in [7, 11) is 0. The normalized spacial score (nSPS) is 10.8. The van der Waals surface area contributed by atoms with Crippen molar-refractivity contribution in [2.45, 2.75) is 91.9 Å². The molecule has 0 saturated carbocycles. The fraction of sp³-hybridized carbons (Fsp3) is 0.696. The molecule has 1 aromatic rings. The molecule has 0 heterocycles. The van der Waals surface area contributed by atoms with Gasteiger partial charge in [0.25, 0.3) is 0 Å². The van der Waals surface area contributed by atoms with Crippen molar-refractivity contribution in [3.8, 4) is 23.0 Å². The summed E-state index contributed by atoms with van der Waals surface area (Å²) >= 11 is 0. The van der Waals surface area contributed by atoms with Gasteiger partial charge in [-0.05, 0) is 25.7 Å². The molecule has 0 aliphatic heterocycles. The van der Waals surface area contributed by atoms with Gasteiger partial charge in [0.05, 0.1) is 13.2 Å². The van der Waals surface area contributed by atoms with Crippen LogP contribution < -0.4 is 14.2 Å². The quantitative estimate of drug-likeness (QED) is 0.195. The summed E-state index contributed by atoms with van der Waals surface area (Å²) in [6.45, 7) is 9.26. The number of ether oxygens (including phenoxy) is 3. The second-order valence-corrected chi connectivity index (χ2v) is 7.27. The molecule has 0 radical (unpaired) electrons. The van der Waals surface area contributed by atoms with Crippen LogP contribution in [-0.4, -0.2) is 29.6 Å². The minimum Gasteiger partial charge on any atom is -0.502 e. The molecule has 29 heavy (non-hydrogen) atoms. The lowest BCUT2D eigenvalue weighted by molar-refractivity contribution is 0.141. The molecule has 0 fully saturated rings. The Morgan fingerprint density at radius 2 is 1.21 bits per heavy atom. The van der Waals surface area contributed by atoms with E-state index in [1.807, 2.05) is 6.92 Å². The molecule has 0 amide bonds. The molecule has 2 N–H and O–H groups in total. The number of aromatic hydroxyl groups is 1. The summed E-state index contributed by atoms with van der Waals surface area (Å²) < 4.78 is 17.1. The minimum atomic E-state index is -1.45. The Bertz CT molecular complexity index is 627. The van der Waals surface area contributed by atoms with Crippen LogP contribution in [0.15, 0.2) is 0 Å². The van der Waals surface area contributed by atoms with Gasteiger partial charge in [0.15, 0.2) is 11.5 Å². The average Bonchev–Trinajstić information content (AvgIpc) is 2.69. The van der Waals surface area contributed by atoms with Crippen LogP contribution in [0.5, 0.6) is 23.0 Å². The Labute approximate surface area is 175 Å². The first-order valence-electron chi connectivity index (χ1n) is 11.1. The first kappa shape index (κ1) is 24.9. The summed E-state index contributed by atoms with van der Waals surface area (Å²) in [6.07, 6.45) is 7.46. The maximum atomic E-state index is 11.3. The molecule has 6 heteroatoms. The van der Waals surface area contributed by atoms with Crippen LogP contribution in [0.4, 0.5) is 4.79 Å². The summed E-state index contributed by atoms with van der Waals surface area (Å²) in [5.74, 6) is 0.446. The van der Waals surface area contributed by atoms with Crippen LogP contribution in [0, 0.1) is 0 Å². The van der Waals surface area contributed by atoms with Crippen LogP contribution in [0.1, 0.15) is 90.2 Å². The molecule has 1 rings (SSSR count). The third-order valence-electron chi connectivity index (χ3n) is 4.73. The van der Waals surface area contributed by atoms with Gasteiger partial charge in [-0.15, -0.1) is 0 Å². The van der Waals surface area contributed by atoms with Crippen molar-refractivity contribution in [2.24, 2.45) is 0 Å². The summed E-state index contributed by atoms with van der Waals surface area (Å²) in [5, 5.41) is 20.1. The molecule has 6 nitrogen and oxygen atoms in total. The van der Waals surface area contributed by atoms with Crippen molar-refractivity contribution in [2.75, 3.05) is 13.2 Å². The summed E-state index contributed by atoms with van der Waals surface area (Å²) in [5.41, 5.74) is 1.58. The van der Waals surface area contributed by atoms with Crippen LogP contribution in [0.2, 0.25) is 0 Å². The van der Waals surface area contributed by atoms with Gasteiger partial charge in [0, 0.05) is 11.1 Å². The minimum absolute atomic E-state index is 0.0193. The number of carboxylic acid groups (broad SMARTS) is 1. The average molecular weight is 411 g/mol. The number of hydrogen-bond acceptors (Lipinski definition) is 5. The lowest BCUT2D eigenvalue weighted by Gasteiger charge is -2.23. The fourth-order valence-corrected chi connectivity index (χ4v) is 3.33. The zero-order valence-corrected chi connectivity index (χ0v) is 18.5. The molecule has 0 aromatic heterocycles. The predicted octanol–water partition coefficient (Wildman–Crippen LogP) is 6.49. The number of benzene rings is 1. The van der Waals surface area contributed by atoms with E-state index >= 15 is 0 Å². The van der Waals surface area contributed by atoms with E-state index in [4.69, 9.17) is 14.2 Å². The standard InChI is InChI=1S/C23H38O6/c1-5-9-11-15-27-21-18(14-8-4)17(13-7-3)20(29-23(25)26)19(24)22(21)28-16-12-10-6-2/h24H,5-16H2,1-4H3,(H,25,26). The van der Waals surface area contributed by atoms with Gasteiger partial charge < -0.3 is 24.4 Å². The highest BCUT2D eigenvalue weighted by molar-refractivity contribution is 5.71.